The lowest BCUT2D eigenvalue weighted by atomic mass is 9.80. The number of rotatable bonds is 2. The minimum atomic E-state index is -0.991. The molecule has 1 amide bonds. The molecule has 1 fully saturated rings. The molecule has 104 valence electrons. The number of piperidine rings is 1. The number of hydrogen-bond acceptors (Lipinski definition) is 2. The predicted octanol–water partition coefficient (Wildman–Crippen LogP) is 2.17. The minimum Gasteiger partial charge on any atom is -0.339 e. The highest BCUT2D eigenvalue weighted by atomic mass is 19.2. The van der Waals surface area contributed by atoms with Gasteiger partial charge in [-0.2, -0.15) is 0 Å². The second-order valence-corrected chi connectivity index (χ2v) is 5.44. The Labute approximate surface area is 111 Å². The van der Waals surface area contributed by atoms with E-state index in [1.807, 2.05) is 0 Å². The summed E-state index contributed by atoms with van der Waals surface area (Å²) in [5.74, 6) is -2.18. The van der Waals surface area contributed by atoms with Crippen LogP contribution in [0.25, 0.3) is 0 Å². The third-order valence-corrected chi connectivity index (χ3v) is 3.92. The monoisotopic (exact) mass is 268 g/mol. The lowest BCUT2D eigenvalue weighted by molar-refractivity contribution is 0.0617. The van der Waals surface area contributed by atoms with E-state index in [1.165, 1.54) is 6.07 Å². The van der Waals surface area contributed by atoms with E-state index >= 15 is 0 Å². The normalized spacial score (nSPS) is 18.4. The molecule has 1 saturated heterocycles. The molecule has 2 N–H and O–H groups in total. The molecule has 0 radical (unpaired) electrons. The predicted molar refractivity (Wildman–Crippen MR) is 68.7 cm³/mol. The Bertz CT molecular complexity index is 482. The van der Waals surface area contributed by atoms with Gasteiger partial charge in [0.15, 0.2) is 11.6 Å². The highest BCUT2D eigenvalue weighted by Crippen LogP contribution is 2.30. The zero-order valence-electron chi connectivity index (χ0n) is 11.0. The summed E-state index contributed by atoms with van der Waals surface area (Å²) < 4.78 is 26.0. The molecule has 0 unspecified atom stereocenters. The molecule has 0 aromatic heterocycles. The summed E-state index contributed by atoms with van der Waals surface area (Å²) in [4.78, 5) is 13.8. The summed E-state index contributed by atoms with van der Waals surface area (Å²) in [7, 11) is 0. The van der Waals surface area contributed by atoms with Gasteiger partial charge < -0.3 is 10.6 Å². The number of amides is 1. The number of carbonyl (C=O) groups excluding carboxylic acids is 1. The fraction of sp³-hybridized carbons (Fsp3) is 0.500. The number of likely N-dealkylation sites (tertiary alicyclic amines) is 1. The standard InChI is InChI=1S/C14H18F2N2O/c1-14(9-17)4-6-18(7-5-14)13(19)10-2-3-11(15)12(16)8-10/h2-3,8H,4-7,9,17H2,1H3. The fourth-order valence-electron chi connectivity index (χ4n) is 2.27. The van der Waals surface area contributed by atoms with Crippen LogP contribution in [0.15, 0.2) is 18.2 Å². The van der Waals surface area contributed by atoms with E-state index in [-0.39, 0.29) is 16.9 Å². The number of nitrogens with zero attached hydrogens (tertiary/aromatic N) is 1. The maximum absolute atomic E-state index is 13.1. The average molecular weight is 268 g/mol. The Hall–Kier alpha value is -1.49. The summed E-state index contributed by atoms with van der Waals surface area (Å²) in [6, 6.07) is 3.25. The number of halogens is 2. The first-order valence-corrected chi connectivity index (χ1v) is 6.40. The lowest BCUT2D eigenvalue weighted by Crippen LogP contribution is -2.44. The maximum atomic E-state index is 13.1. The minimum absolute atomic E-state index is 0.0742. The van der Waals surface area contributed by atoms with Gasteiger partial charge in [-0.3, -0.25) is 4.79 Å². The van der Waals surface area contributed by atoms with Crippen molar-refractivity contribution in [2.24, 2.45) is 11.1 Å². The Morgan fingerprint density at radius 1 is 1.32 bits per heavy atom. The molecule has 1 aromatic carbocycles. The lowest BCUT2D eigenvalue weighted by Gasteiger charge is -2.38. The molecule has 19 heavy (non-hydrogen) atoms. The molecule has 1 aliphatic rings. The second kappa shape index (κ2) is 5.25. The van der Waals surface area contributed by atoms with Crippen molar-refractivity contribution >= 4 is 5.91 Å². The van der Waals surface area contributed by atoms with Crippen molar-refractivity contribution in [3.05, 3.63) is 35.4 Å². The average Bonchev–Trinajstić information content (AvgIpc) is 2.42. The SMILES string of the molecule is CC1(CN)CCN(C(=O)c2ccc(F)c(F)c2)CC1. The molecule has 0 aliphatic carbocycles. The Morgan fingerprint density at radius 2 is 1.95 bits per heavy atom. The summed E-state index contributed by atoms with van der Waals surface area (Å²) in [5, 5.41) is 0. The summed E-state index contributed by atoms with van der Waals surface area (Å²) in [6.45, 7) is 3.91. The van der Waals surface area contributed by atoms with Crippen molar-refractivity contribution in [3.63, 3.8) is 0 Å². The molecule has 2 rings (SSSR count). The van der Waals surface area contributed by atoms with E-state index in [0.29, 0.717) is 19.6 Å². The van der Waals surface area contributed by atoms with Crippen LogP contribution in [0.1, 0.15) is 30.1 Å². The van der Waals surface area contributed by atoms with Gasteiger partial charge in [-0.1, -0.05) is 6.92 Å². The molecule has 1 heterocycles. The first-order valence-electron chi connectivity index (χ1n) is 6.40. The van der Waals surface area contributed by atoms with Crippen molar-refractivity contribution in [2.45, 2.75) is 19.8 Å². The molecular weight excluding hydrogens is 250 g/mol. The van der Waals surface area contributed by atoms with Crippen LogP contribution in [-0.4, -0.2) is 30.4 Å². The second-order valence-electron chi connectivity index (χ2n) is 5.44. The Kier molecular flexibility index (Phi) is 3.85. The number of nitrogens with two attached hydrogens (primary N) is 1. The first kappa shape index (κ1) is 13.9. The van der Waals surface area contributed by atoms with E-state index in [0.717, 1.165) is 25.0 Å². The van der Waals surface area contributed by atoms with E-state index in [1.54, 1.807) is 4.90 Å². The summed E-state index contributed by atoms with van der Waals surface area (Å²) in [5.41, 5.74) is 5.98. The van der Waals surface area contributed by atoms with Gasteiger partial charge in [-0.15, -0.1) is 0 Å². The largest absolute Gasteiger partial charge is 0.339 e. The number of carbonyl (C=O) groups is 1. The molecule has 1 aromatic rings. The van der Waals surface area contributed by atoms with E-state index < -0.39 is 11.6 Å². The maximum Gasteiger partial charge on any atom is 0.253 e. The molecule has 0 atom stereocenters. The van der Waals surface area contributed by atoms with Gasteiger partial charge in [0.2, 0.25) is 0 Å². The van der Waals surface area contributed by atoms with Crippen molar-refractivity contribution < 1.29 is 13.6 Å². The Morgan fingerprint density at radius 3 is 2.47 bits per heavy atom. The van der Waals surface area contributed by atoms with Gasteiger partial charge in [-0.25, -0.2) is 8.78 Å². The molecule has 0 spiro atoms. The molecule has 5 heteroatoms. The van der Waals surface area contributed by atoms with Gasteiger partial charge >= 0.3 is 0 Å². The zero-order valence-corrected chi connectivity index (χ0v) is 11.0. The molecular formula is C14H18F2N2O. The molecule has 1 aliphatic heterocycles. The van der Waals surface area contributed by atoms with Crippen molar-refractivity contribution in [2.75, 3.05) is 19.6 Å². The molecule has 3 nitrogen and oxygen atoms in total. The highest BCUT2D eigenvalue weighted by molar-refractivity contribution is 5.94. The quantitative estimate of drug-likeness (QED) is 0.893. The fourth-order valence-corrected chi connectivity index (χ4v) is 2.27. The summed E-state index contributed by atoms with van der Waals surface area (Å²) in [6.07, 6.45) is 1.66. The van der Waals surface area contributed by atoms with Gasteiger partial charge in [0, 0.05) is 18.7 Å². The number of benzene rings is 1. The summed E-state index contributed by atoms with van der Waals surface area (Å²) >= 11 is 0. The molecule has 0 saturated carbocycles. The van der Waals surface area contributed by atoms with E-state index in [2.05, 4.69) is 6.92 Å². The van der Waals surface area contributed by atoms with Crippen LogP contribution < -0.4 is 5.73 Å². The topological polar surface area (TPSA) is 46.3 Å². The van der Waals surface area contributed by atoms with Crippen LogP contribution >= 0.6 is 0 Å². The van der Waals surface area contributed by atoms with Gasteiger partial charge in [0.05, 0.1) is 0 Å². The first-order chi connectivity index (χ1) is 8.95. The van der Waals surface area contributed by atoms with E-state index in [4.69, 9.17) is 5.73 Å². The van der Waals surface area contributed by atoms with E-state index in [9.17, 15) is 13.6 Å². The van der Waals surface area contributed by atoms with Crippen LogP contribution in [0.2, 0.25) is 0 Å². The van der Waals surface area contributed by atoms with Crippen molar-refractivity contribution in [3.8, 4) is 0 Å². The smallest absolute Gasteiger partial charge is 0.253 e. The molecule has 0 bridgehead atoms. The number of hydrogen-bond donors (Lipinski definition) is 1. The van der Waals surface area contributed by atoms with Gasteiger partial charge in [0.25, 0.3) is 5.91 Å². The van der Waals surface area contributed by atoms with Crippen molar-refractivity contribution in [1.82, 2.24) is 4.90 Å². The van der Waals surface area contributed by atoms with Gasteiger partial charge in [-0.05, 0) is 43.0 Å². The van der Waals surface area contributed by atoms with Crippen molar-refractivity contribution in [1.29, 1.82) is 0 Å². The Balaban J connectivity index is 2.07. The third kappa shape index (κ3) is 2.92. The zero-order chi connectivity index (χ0) is 14.0. The van der Waals surface area contributed by atoms with Gasteiger partial charge in [0.1, 0.15) is 0 Å². The van der Waals surface area contributed by atoms with Crippen LogP contribution in [-0.2, 0) is 0 Å². The van der Waals surface area contributed by atoms with Crippen LogP contribution in [0.3, 0.4) is 0 Å². The highest BCUT2D eigenvalue weighted by Gasteiger charge is 2.31. The van der Waals surface area contributed by atoms with Crippen LogP contribution in [0.4, 0.5) is 8.78 Å². The van der Waals surface area contributed by atoms with Crippen LogP contribution in [0, 0.1) is 17.0 Å². The van der Waals surface area contributed by atoms with Crippen LogP contribution in [0.5, 0.6) is 0 Å². The third-order valence-electron chi connectivity index (χ3n) is 3.92.